The normalized spacial score (nSPS) is 29.1. The Hall–Kier alpha value is -3.06. The van der Waals surface area contributed by atoms with E-state index in [-0.39, 0.29) is 5.91 Å². The van der Waals surface area contributed by atoms with Crippen LogP contribution < -0.4 is 10.2 Å². The molecule has 2 aliphatic rings. The van der Waals surface area contributed by atoms with Gasteiger partial charge < -0.3 is 10.1 Å². The molecule has 0 radical (unpaired) electrons. The summed E-state index contributed by atoms with van der Waals surface area (Å²) in [5.74, 6) is -3.36. The molecule has 2 fully saturated rings. The van der Waals surface area contributed by atoms with Gasteiger partial charge >= 0.3 is 5.97 Å². The molecule has 144 valence electrons. The highest BCUT2D eigenvalue weighted by atomic mass is 19.1. The monoisotopic (exact) mass is 383 g/mol. The number of amides is 2. The minimum Gasteiger partial charge on any atom is -0.464 e. The van der Waals surface area contributed by atoms with Gasteiger partial charge in [0.15, 0.2) is 0 Å². The second-order valence-electron chi connectivity index (χ2n) is 7.37. The molecule has 4 atom stereocenters. The maximum Gasteiger partial charge on any atom is 0.368 e. The van der Waals surface area contributed by atoms with Crippen molar-refractivity contribution in [2.75, 3.05) is 12.0 Å². The largest absolute Gasteiger partial charge is 0.464 e. The Morgan fingerprint density at radius 3 is 2.32 bits per heavy atom. The van der Waals surface area contributed by atoms with Crippen LogP contribution in [0.3, 0.4) is 0 Å². The van der Waals surface area contributed by atoms with E-state index in [1.165, 1.54) is 19.2 Å². The zero-order valence-electron chi connectivity index (χ0n) is 15.5. The summed E-state index contributed by atoms with van der Waals surface area (Å²) in [6.45, 7) is 1.62. The van der Waals surface area contributed by atoms with Crippen LogP contribution in [0.2, 0.25) is 0 Å². The maximum absolute atomic E-state index is 13.4. The lowest BCUT2D eigenvalue weighted by Crippen LogP contribution is -2.97. The standard InChI is InChI=1S/C21H19FN2O4/c1-21(20(27)28-2)16-15(17(23-21)12-8-10-13(22)11-9-12)18(25)24(19(16)26)14-6-4-3-5-7-14/h3-11,15-17,23H,1-2H3/p+1/t15-,16+,17-,21+/m0/s1. The molecule has 7 heteroatoms. The van der Waals surface area contributed by atoms with Crippen LogP contribution in [0.15, 0.2) is 54.6 Å². The van der Waals surface area contributed by atoms with Crippen molar-refractivity contribution in [3.05, 3.63) is 66.0 Å². The fourth-order valence-corrected chi connectivity index (χ4v) is 4.50. The highest BCUT2D eigenvalue weighted by Gasteiger charge is 2.70. The van der Waals surface area contributed by atoms with Crippen molar-refractivity contribution in [1.82, 2.24) is 0 Å². The van der Waals surface area contributed by atoms with E-state index in [1.807, 2.05) is 0 Å². The van der Waals surface area contributed by atoms with E-state index in [4.69, 9.17) is 4.74 Å². The highest BCUT2D eigenvalue weighted by Crippen LogP contribution is 2.45. The number of imide groups is 1. The van der Waals surface area contributed by atoms with Gasteiger partial charge in [0.25, 0.3) is 0 Å². The number of hydrogen-bond donors (Lipinski definition) is 1. The number of carbonyl (C=O) groups is 3. The molecule has 0 aliphatic carbocycles. The third-order valence-electron chi connectivity index (χ3n) is 5.80. The zero-order valence-corrected chi connectivity index (χ0v) is 15.5. The first kappa shape index (κ1) is 18.3. The number of fused-ring (bicyclic) bond motifs is 1. The van der Waals surface area contributed by atoms with E-state index >= 15 is 0 Å². The first-order chi connectivity index (χ1) is 13.4. The van der Waals surface area contributed by atoms with E-state index in [1.54, 1.807) is 54.7 Å². The van der Waals surface area contributed by atoms with Crippen LogP contribution in [-0.2, 0) is 19.1 Å². The summed E-state index contributed by atoms with van der Waals surface area (Å²) >= 11 is 0. The summed E-state index contributed by atoms with van der Waals surface area (Å²) in [6, 6.07) is 13.9. The molecule has 2 N–H and O–H groups in total. The number of methoxy groups -OCH3 is 1. The summed E-state index contributed by atoms with van der Waals surface area (Å²) in [7, 11) is 1.26. The molecule has 2 aliphatic heterocycles. The molecule has 0 unspecified atom stereocenters. The van der Waals surface area contributed by atoms with Gasteiger partial charge in [0, 0.05) is 12.5 Å². The second kappa shape index (κ2) is 6.53. The number of nitrogens with two attached hydrogens (primary N) is 1. The number of anilines is 1. The van der Waals surface area contributed by atoms with Gasteiger partial charge in [-0.05, 0) is 24.3 Å². The van der Waals surface area contributed by atoms with Crippen LogP contribution in [0.1, 0.15) is 18.5 Å². The van der Waals surface area contributed by atoms with E-state index in [0.29, 0.717) is 11.3 Å². The van der Waals surface area contributed by atoms with E-state index < -0.39 is 41.1 Å². The van der Waals surface area contributed by atoms with E-state index in [0.717, 1.165) is 4.90 Å². The molecule has 0 aromatic heterocycles. The fraction of sp³-hybridized carbons (Fsp3) is 0.286. The number of carbonyl (C=O) groups excluding carboxylic acids is 3. The molecule has 4 rings (SSSR count). The SMILES string of the molecule is COC(=O)[C@]1(C)[NH2+][C@@H](c2ccc(F)cc2)[C@H]2C(=O)N(c3ccccc3)C(=O)[C@@H]21. The molecule has 0 spiro atoms. The van der Waals surface area contributed by atoms with Crippen LogP contribution in [0.5, 0.6) is 0 Å². The average molecular weight is 383 g/mol. The fourth-order valence-electron chi connectivity index (χ4n) is 4.50. The van der Waals surface area contributed by atoms with Crippen LogP contribution in [0, 0.1) is 17.7 Å². The molecule has 0 bridgehead atoms. The van der Waals surface area contributed by atoms with Crippen LogP contribution in [0.25, 0.3) is 0 Å². The number of ether oxygens (including phenoxy) is 1. The van der Waals surface area contributed by atoms with Gasteiger partial charge in [0.2, 0.25) is 17.4 Å². The molecular formula is C21H20FN2O4+. The van der Waals surface area contributed by atoms with Gasteiger partial charge in [-0.25, -0.2) is 14.1 Å². The minimum absolute atomic E-state index is 0.362. The van der Waals surface area contributed by atoms with Crippen molar-refractivity contribution >= 4 is 23.5 Å². The summed E-state index contributed by atoms with van der Waals surface area (Å²) in [5, 5.41) is 1.71. The molecule has 2 aromatic rings. The summed E-state index contributed by atoms with van der Waals surface area (Å²) in [6.07, 6.45) is 0. The molecule has 2 amide bonds. The Balaban J connectivity index is 1.82. The molecule has 28 heavy (non-hydrogen) atoms. The summed E-state index contributed by atoms with van der Waals surface area (Å²) < 4.78 is 18.3. The highest BCUT2D eigenvalue weighted by molar-refractivity contribution is 6.23. The third kappa shape index (κ3) is 2.54. The minimum atomic E-state index is -1.26. The predicted octanol–water partition coefficient (Wildman–Crippen LogP) is 1.18. The number of rotatable bonds is 3. The van der Waals surface area contributed by atoms with Crippen molar-refractivity contribution in [1.29, 1.82) is 0 Å². The van der Waals surface area contributed by atoms with E-state index in [9.17, 15) is 18.8 Å². The van der Waals surface area contributed by atoms with Crippen LogP contribution >= 0.6 is 0 Å². The van der Waals surface area contributed by atoms with Crippen molar-refractivity contribution in [2.45, 2.75) is 18.5 Å². The van der Waals surface area contributed by atoms with Gasteiger partial charge in [0.1, 0.15) is 23.7 Å². The lowest BCUT2D eigenvalue weighted by atomic mass is 9.80. The Labute approximate surface area is 161 Å². The number of para-hydroxylation sites is 1. The molecule has 2 aromatic carbocycles. The molecular weight excluding hydrogens is 363 g/mol. The lowest BCUT2D eigenvalue weighted by molar-refractivity contribution is -0.730. The number of nitrogens with zero attached hydrogens (tertiary/aromatic N) is 1. The molecule has 2 heterocycles. The van der Waals surface area contributed by atoms with E-state index in [2.05, 4.69) is 0 Å². The maximum atomic E-state index is 13.4. The van der Waals surface area contributed by atoms with Crippen molar-refractivity contribution in [2.24, 2.45) is 11.8 Å². The predicted molar refractivity (Wildman–Crippen MR) is 97.4 cm³/mol. The molecule has 2 saturated heterocycles. The van der Waals surface area contributed by atoms with Gasteiger partial charge in [-0.1, -0.05) is 30.3 Å². The number of quaternary nitrogens is 1. The Kier molecular flexibility index (Phi) is 4.27. The molecule has 0 saturated carbocycles. The van der Waals surface area contributed by atoms with Crippen molar-refractivity contribution in [3.8, 4) is 0 Å². The molecule has 6 nitrogen and oxygen atoms in total. The second-order valence-corrected chi connectivity index (χ2v) is 7.37. The lowest BCUT2D eigenvalue weighted by Gasteiger charge is -2.25. The Morgan fingerprint density at radius 2 is 1.71 bits per heavy atom. The summed E-state index contributed by atoms with van der Waals surface area (Å²) in [5.41, 5.74) is -0.105. The first-order valence-electron chi connectivity index (χ1n) is 9.01. The number of esters is 1. The average Bonchev–Trinajstić information content (AvgIpc) is 3.16. The van der Waals surface area contributed by atoms with Crippen LogP contribution in [-0.4, -0.2) is 30.4 Å². The van der Waals surface area contributed by atoms with Gasteiger partial charge in [-0.15, -0.1) is 0 Å². The topological polar surface area (TPSA) is 80.3 Å². The Morgan fingerprint density at radius 1 is 1.07 bits per heavy atom. The van der Waals surface area contributed by atoms with Crippen LogP contribution in [0.4, 0.5) is 10.1 Å². The third-order valence-corrected chi connectivity index (χ3v) is 5.80. The summed E-state index contributed by atoms with van der Waals surface area (Å²) in [4.78, 5) is 40.4. The first-order valence-corrected chi connectivity index (χ1v) is 9.01. The van der Waals surface area contributed by atoms with Gasteiger partial charge in [0.05, 0.1) is 12.8 Å². The van der Waals surface area contributed by atoms with Gasteiger partial charge in [-0.3, -0.25) is 9.59 Å². The number of hydrogen-bond acceptors (Lipinski definition) is 4. The zero-order chi connectivity index (χ0) is 20.1. The number of benzene rings is 2. The number of halogens is 1. The van der Waals surface area contributed by atoms with Crippen molar-refractivity contribution in [3.63, 3.8) is 0 Å². The quantitative estimate of drug-likeness (QED) is 0.638. The Bertz CT molecular complexity index is 947. The van der Waals surface area contributed by atoms with Gasteiger partial charge in [-0.2, -0.15) is 0 Å². The van der Waals surface area contributed by atoms with Crippen molar-refractivity contribution < 1.29 is 28.8 Å². The smallest absolute Gasteiger partial charge is 0.368 e.